The van der Waals surface area contributed by atoms with Crippen molar-refractivity contribution < 1.29 is 32.0 Å². The summed E-state index contributed by atoms with van der Waals surface area (Å²) in [6, 6.07) is 8.02. The number of nitrogens with zero attached hydrogens (tertiary/aromatic N) is 1. The van der Waals surface area contributed by atoms with Crippen LogP contribution in [0.15, 0.2) is 44.9 Å². The van der Waals surface area contributed by atoms with Gasteiger partial charge in [0.2, 0.25) is 0 Å². The Morgan fingerprint density at radius 3 is 2.50 bits per heavy atom. The van der Waals surface area contributed by atoms with E-state index >= 15 is 0 Å². The normalized spacial score (nSPS) is 22.3. The second kappa shape index (κ2) is 15.2. The number of aromatic amines is 1. The summed E-state index contributed by atoms with van der Waals surface area (Å²) >= 11 is 1.82. The molecule has 1 N–H and O–H groups in total. The molecule has 1 aliphatic heterocycles. The molecule has 1 aromatic carbocycles. The quantitative estimate of drug-likeness (QED) is 0.125. The average molecular weight is 777 g/mol. The van der Waals surface area contributed by atoms with Gasteiger partial charge < -0.3 is 22.8 Å². The highest BCUT2D eigenvalue weighted by Gasteiger charge is 2.42. The summed E-state index contributed by atoms with van der Waals surface area (Å²) in [6.45, 7) is 12.7. The first-order chi connectivity index (χ1) is 19.4. The lowest BCUT2D eigenvalue weighted by Crippen LogP contribution is -2.33. The SMILES string of the molecule is CC(C)OP(C)(=O)O[C@@H]1C[C@H](n2cc(I)c(=O)[nH]c2=O)O[C@@H]1COP(C)(=O)OCCc1ccccc1SSC(C)(C)C. The molecule has 2 aromatic rings. The molecule has 1 aromatic heterocycles. The zero-order valence-corrected chi connectivity index (χ0v) is 30.3. The van der Waals surface area contributed by atoms with Gasteiger partial charge in [-0.2, -0.15) is 0 Å². The zero-order chi connectivity index (χ0) is 31.3. The van der Waals surface area contributed by atoms with E-state index in [9.17, 15) is 18.7 Å². The minimum absolute atomic E-state index is 0.0977. The van der Waals surface area contributed by atoms with E-state index in [-0.39, 0.29) is 30.5 Å². The van der Waals surface area contributed by atoms with E-state index in [4.69, 9.17) is 22.8 Å². The van der Waals surface area contributed by atoms with Crippen LogP contribution in [-0.4, -0.2) is 59.2 Å². The summed E-state index contributed by atoms with van der Waals surface area (Å²) < 4.78 is 56.6. The third-order valence-electron chi connectivity index (χ3n) is 5.67. The number of nitrogens with one attached hydrogen (secondary N) is 1. The Morgan fingerprint density at radius 1 is 1.14 bits per heavy atom. The fourth-order valence-corrected chi connectivity index (χ4v) is 9.13. The molecule has 2 heterocycles. The molecule has 16 heteroatoms. The van der Waals surface area contributed by atoms with E-state index in [2.05, 4.69) is 31.8 Å². The van der Waals surface area contributed by atoms with Crippen molar-refractivity contribution in [3.63, 3.8) is 0 Å². The highest BCUT2D eigenvalue weighted by molar-refractivity contribution is 14.1. The highest BCUT2D eigenvalue weighted by Crippen LogP contribution is 2.51. The maximum absolute atomic E-state index is 13.2. The lowest BCUT2D eigenvalue weighted by molar-refractivity contribution is -0.0413. The Morgan fingerprint density at radius 2 is 1.83 bits per heavy atom. The smallest absolute Gasteiger partial charge is 0.330 e. The Hall–Kier alpha value is -0.410. The predicted molar refractivity (Wildman–Crippen MR) is 176 cm³/mol. The van der Waals surface area contributed by atoms with Crippen LogP contribution < -0.4 is 11.2 Å². The van der Waals surface area contributed by atoms with Gasteiger partial charge >= 0.3 is 20.9 Å². The van der Waals surface area contributed by atoms with E-state index in [1.807, 2.05) is 40.8 Å². The first-order valence-corrected chi connectivity index (χ1v) is 20.6. The van der Waals surface area contributed by atoms with E-state index in [0.29, 0.717) is 9.99 Å². The fourth-order valence-electron chi connectivity index (χ4n) is 3.99. The third kappa shape index (κ3) is 11.5. The lowest BCUT2D eigenvalue weighted by Gasteiger charge is -2.24. The molecule has 0 aliphatic carbocycles. The van der Waals surface area contributed by atoms with Crippen molar-refractivity contribution >= 4 is 59.4 Å². The average Bonchev–Trinajstić information content (AvgIpc) is 3.24. The van der Waals surface area contributed by atoms with Crippen molar-refractivity contribution in [3.8, 4) is 0 Å². The van der Waals surface area contributed by atoms with E-state index in [0.717, 1.165) is 10.5 Å². The molecule has 2 unspecified atom stereocenters. The first kappa shape index (κ1) is 36.1. The summed E-state index contributed by atoms with van der Waals surface area (Å²) in [4.78, 5) is 27.7. The summed E-state index contributed by atoms with van der Waals surface area (Å²) in [5, 5.41) is 0. The second-order valence-corrected chi connectivity index (χ2v) is 19.3. The molecule has 0 amide bonds. The Bertz CT molecular complexity index is 1430. The van der Waals surface area contributed by atoms with Gasteiger partial charge in [-0.15, -0.1) is 0 Å². The van der Waals surface area contributed by atoms with Gasteiger partial charge in [0, 0.05) is 35.6 Å². The zero-order valence-electron chi connectivity index (χ0n) is 24.7. The number of benzene rings is 1. The monoisotopic (exact) mass is 776 g/mol. The Balaban J connectivity index is 1.66. The standard InChI is InChI=1S/C26H39IN2O9P2S2/c1-17(2)37-40(7,33)38-20-14-23(29-15-19(27)24(30)28-25(29)31)36-21(20)16-35-39(6,32)34-13-12-18-10-8-9-11-22(18)41-42-26(3,4)5/h8-11,15,17,20-21,23H,12-14,16H2,1-7H3,(H,28,30,31)/t20-,21-,23-,39?,40?/m1/s1. The number of rotatable bonds is 14. The molecule has 0 saturated carbocycles. The number of aromatic nitrogens is 2. The van der Waals surface area contributed by atoms with Gasteiger partial charge in [-0.05, 0) is 54.5 Å². The Kier molecular flexibility index (Phi) is 13.1. The molecule has 236 valence electrons. The van der Waals surface area contributed by atoms with Crippen LogP contribution in [0.3, 0.4) is 0 Å². The Labute approximate surface area is 268 Å². The van der Waals surface area contributed by atoms with E-state index in [1.165, 1.54) is 24.1 Å². The van der Waals surface area contributed by atoms with Crippen LogP contribution in [0, 0.1) is 3.57 Å². The largest absolute Gasteiger partial charge is 0.349 e. The molecular weight excluding hydrogens is 737 g/mol. The van der Waals surface area contributed by atoms with Gasteiger partial charge in [-0.25, -0.2) is 4.79 Å². The van der Waals surface area contributed by atoms with Crippen molar-refractivity contribution in [1.82, 2.24) is 9.55 Å². The maximum atomic E-state index is 13.2. The van der Waals surface area contributed by atoms with Crippen LogP contribution in [0.4, 0.5) is 0 Å². The minimum Gasteiger partial charge on any atom is -0.349 e. The summed E-state index contributed by atoms with van der Waals surface area (Å²) in [5.41, 5.74) is -0.0867. The number of halogens is 1. The molecule has 42 heavy (non-hydrogen) atoms. The van der Waals surface area contributed by atoms with Crippen LogP contribution >= 0.6 is 59.4 Å². The highest BCUT2D eigenvalue weighted by atomic mass is 127. The molecule has 1 fully saturated rings. The molecule has 0 radical (unpaired) electrons. The minimum atomic E-state index is -3.52. The van der Waals surface area contributed by atoms with Gasteiger partial charge in [0.15, 0.2) is 0 Å². The van der Waals surface area contributed by atoms with Crippen molar-refractivity contribution in [3.05, 3.63) is 60.4 Å². The predicted octanol–water partition coefficient (Wildman–Crippen LogP) is 6.70. The molecule has 0 bridgehead atoms. The topological polar surface area (TPSA) is 135 Å². The first-order valence-electron chi connectivity index (χ1n) is 13.4. The molecule has 5 atom stereocenters. The number of H-pyrrole nitrogens is 1. The van der Waals surface area contributed by atoms with Crippen molar-refractivity contribution in [2.45, 2.75) is 81.6 Å². The van der Waals surface area contributed by atoms with Crippen molar-refractivity contribution in [2.24, 2.45) is 0 Å². The van der Waals surface area contributed by atoms with Crippen LogP contribution in [0.2, 0.25) is 0 Å². The van der Waals surface area contributed by atoms with Crippen LogP contribution in [0.25, 0.3) is 0 Å². The van der Waals surface area contributed by atoms with Crippen LogP contribution in [0.5, 0.6) is 0 Å². The van der Waals surface area contributed by atoms with Crippen molar-refractivity contribution in [1.29, 1.82) is 0 Å². The van der Waals surface area contributed by atoms with Crippen LogP contribution in [0.1, 0.15) is 52.8 Å². The molecule has 0 spiro atoms. The fraction of sp³-hybridized carbons (Fsp3) is 0.615. The second-order valence-electron chi connectivity index (χ2n) is 11.1. The van der Waals surface area contributed by atoms with Gasteiger partial charge in [-0.3, -0.25) is 23.5 Å². The third-order valence-corrected chi connectivity index (χ3v) is 12.6. The summed E-state index contributed by atoms with van der Waals surface area (Å²) in [5.74, 6) is 0. The number of hydrogen-bond donors (Lipinski definition) is 1. The van der Waals surface area contributed by atoms with Crippen molar-refractivity contribution in [2.75, 3.05) is 26.5 Å². The summed E-state index contributed by atoms with van der Waals surface area (Å²) in [6.07, 6.45) is -0.820. The van der Waals surface area contributed by atoms with E-state index < -0.39 is 44.9 Å². The summed E-state index contributed by atoms with van der Waals surface area (Å²) in [7, 11) is -3.55. The maximum Gasteiger partial charge on any atom is 0.330 e. The van der Waals surface area contributed by atoms with E-state index in [1.54, 1.807) is 35.4 Å². The molecule has 1 saturated heterocycles. The molecule has 1 aliphatic rings. The number of ether oxygens (including phenoxy) is 1. The van der Waals surface area contributed by atoms with Crippen LogP contribution in [-0.2, 0) is 38.4 Å². The molecule has 11 nitrogen and oxygen atoms in total. The molecular formula is C26H39IN2O9P2S2. The van der Waals surface area contributed by atoms with Gasteiger partial charge in [-0.1, -0.05) is 60.6 Å². The van der Waals surface area contributed by atoms with Gasteiger partial charge in [0.05, 0.1) is 29.0 Å². The lowest BCUT2D eigenvalue weighted by atomic mass is 10.2. The van der Waals surface area contributed by atoms with Gasteiger partial charge in [0.1, 0.15) is 12.3 Å². The number of hydrogen-bond acceptors (Lipinski definition) is 11. The van der Waals surface area contributed by atoms with Gasteiger partial charge in [0.25, 0.3) is 5.56 Å². The molecule has 3 rings (SSSR count).